The van der Waals surface area contributed by atoms with Crippen LogP contribution in [-0.2, 0) is 11.0 Å². The van der Waals surface area contributed by atoms with E-state index < -0.39 is 23.7 Å². The van der Waals surface area contributed by atoms with Gasteiger partial charge in [0.1, 0.15) is 11.4 Å². The zero-order chi connectivity index (χ0) is 32.1. The van der Waals surface area contributed by atoms with Gasteiger partial charge < -0.3 is 30.7 Å². The summed E-state index contributed by atoms with van der Waals surface area (Å²) in [7, 11) is 5.98. The SMILES string of the molecule is CN1CCC(CNC(=O)[C@H]2CCCC2Nc2nc(Nc3ccc(C(=O)N(C)C4CCN(C)CC4)cc3)ncc2C(F)(F)F)CC1. The molecule has 0 spiro atoms. The van der Waals surface area contributed by atoms with E-state index in [1.54, 1.807) is 29.2 Å². The highest BCUT2D eigenvalue weighted by atomic mass is 19.4. The normalized spacial score (nSPS) is 22.3. The number of carbonyl (C=O) groups excluding carboxylic acids is 2. The molecule has 2 saturated heterocycles. The summed E-state index contributed by atoms with van der Waals surface area (Å²) in [5, 5.41) is 8.98. The molecular weight excluding hydrogens is 585 g/mol. The van der Waals surface area contributed by atoms with E-state index in [-0.39, 0.29) is 29.6 Å². The molecule has 2 aromatic rings. The second-order valence-electron chi connectivity index (χ2n) is 12.9. The van der Waals surface area contributed by atoms with Gasteiger partial charge in [0.05, 0.1) is 5.92 Å². The predicted octanol–water partition coefficient (Wildman–Crippen LogP) is 4.44. The monoisotopic (exact) mass is 630 g/mol. The Labute approximate surface area is 263 Å². The third-order valence-electron chi connectivity index (χ3n) is 9.62. The number of hydrogen-bond donors (Lipinski definition) is 3. The Morgan fingerprint density at radius 2 is 1.60 bits per heavy atom. The number of anilines is 3. The molecule has 0 bridgehead atoms. The molecule has 10 nitrogen and oxygen atoms in total. The van der Waals surface area contributed by atoms with Gasteiger partial charge in [-0.15, -0.1) is 0 Å². The number of piperidine rings is 2. The largest absolute Gasteiger partial charge is 0.421 e. The number of alkyl halides is 3. The number of aromatic nitrogens is 2. The van der Waals surface area contributed by atoms with Crippen molar-refractivity contribution < 1.29 is 22.8 Å². The average molecular weight is 631 g/mol. The van der Waals surface area contributed by atoms with Crippen molar-refractivity contribution in [1.29, 1.82) is 0 Å². The molecule has 1 aromatic carbocycles. The Bertz CT molecular complexity index is 1310. The third-order valence-corrected chi connectivity index (χ3v) is 9.62. The van der Waals surface area contributed by atoms with Crippen LogP contribution in [0.4, 0.5) is 30.6 Å². The third kappa shape index (κ3) is 8.43. The van der Waals surface area contributed by atoms with Crippen molar-refractivity contribution in [3.8, 4) is 0 Å². The lowest BCUT2D eigenvalue weighted by Crippen LogP contribution is -2.44. The number of nitrogens with one attached hydrogen (secondary N) is 3. The highest BCUT2D eigenvalue weighted by molar-refractivity contribution is 5.94. The Hall–Kier alpha value is -3.45. The van der Waals surface area contributed by atoms with Crippen LogP contribution < -0.4 is 16.0 Å². The Balaban J connectivity index is 1.23. The standard InChI is InChI=1S/C32H45F3N8O2/c1-41-15-11-21(12-16-41)19-36-29(44)25-5-4-6-27(25)39-28-26(32(33,34)35)20-37-31(40-28)38-23-9-7-22(8-10-23)30(45)43(3)24-13-17-42(2)18-14-24/h7-10,20-21,24-25,27H,4-6,11-19H2,1-3H3,(H,36,44)(H2,37,38,39,40)/t25-,27?/m0/s1. The van der Waals surface area contributed by atoms with Crippen LogP contribution >= 0.6 is 0 Å². The van der Waals surface area contributed by atoms with E-state index in [9.17, 15) is 22.8 Å². The van der Waals surface area contributed by atoms with Gasteiger partial charge in [0.15, 0.2) is 0 Å². The number of rotatable bonds is 9. The number of nitrogens with zero attached hydrogens (tertiary/aromatic N) is 5. The van der Waals surface area contributed by atoms with Gasteiger partial charge in [-0.3, -0.25) is 9.59 Å². The van der Waals surface area contributed by atoms with Gasteiger partial charge in [0.2, 0.25) is 11.9 Å². The molecule has 3 N–H and O–H groups in total. The first-order chi connectivity index (χ1) is 21.5. The summed E-state index contributed by atoms with van der Waals surface area (Å²) in [6.45, 7) is 4.47. The molecule has 13 heteroatoms. The number of benzene rings is 1. The van der Waals surface area contributed by atoms with E-state index in [0.717, 1.165) is 64.5 Å². The van der Waals surface area contributed by atoms with E-state index in [0.29, 0.717) is 36.6 Å². The van der Waals surface area contributed by atoms with Gasteiger partial charge in [0, 0.05) is 43.1 Å². The molecule has 2 amide bonds. The van der Waals surface area contributed by atoms with Crippen LogP contribution in [-0.4, -0.2) is 102 Å². The van der Waals surface area contributed by atoms with Crippen LogP contribution in [0, 0.1) is 11.8 Å². The summed E-state index contributed by atoms with van der Waals surface area (Å²) >= 11 is 0. The zero-order valence-corrected chi connectivity index (χ0v) is 26.4. The summed E-state index contributed by atoms with van der Waals surface area (Å²) in [5.41, 5.74) is 0.0774. The molecule has 1 saturated carbocycles. The fraction of sp³-hybridized carbons (Fsp3) is 0.625. The molecule has 3 fully saturated rings. The van der Waals surface area contributed by atoms with E-state index in [2.05, 4.69) is 49.8 Å². The Kier molecular flexibility index (Phi) is 10.5. The van der Waals surface area contributed by atoms with Crippen LogP contribution in [0.3, 0.4) is 0 Å². The second kappa shape index (κ2) is 14.3. The highest BCUT2D eigenvalue weighted by Crippen LogP contribution is 2.37. The van der Waals surface area contributed by atoms with E-state index >= 15 is 0 Å². The Morgan fingerprint density at radius 3 is 2.24 bits per heavy atom. The van der Waals surface area contributed by atoms with Gasteiger partial charge in [-0.1, -0.05) is 6.42 Å². The maximum Gasteiger partial charge on any atom is 0.421 e. The number of likely N-dealkylation sites (tertiary alicyclic amines) is 2. The van der Waals surface area contributed by atoms with E-state index in [1.165, 1.54) is 0 Å². The van der Waals surface area contributed by atoms with E-state index in [1.807, 2.05) is 7.05 Å². The van der Waals surface area contributed by atoms with Gasteiger partial charge >= 0.3 is 6.18 Å². The Morgan fingerprint density at radius 1 is 0.956 bits per heavy atom. The quantitative estimate of drug-likeness (QED) is 0.374. The van der Waals surface area contributed by atoms with Crippen LogP contribution in [0.25, 0.3) is 0 Å². The summed E-state index contributed by atoms with van der Waals surface area (Å²) in [6, 6.07) is 6.46. The minimum absolute atomic E-state index is 0.0192. The first-order valence-electron chi connectivity index (χ1n) is 16.0. The summed E-state index contributed by atoms with van der Waals surface area (Å²) in [5.74, 6) is -0.601. The maximum absolute atomic E-state index is 14.0. The van der Waals surface area contributed by atoms with Crippen LogP contribution in [0.15, 0.2) is 30.5 Å². The van der Waals surface area contributed by atoms with E-state index in [4.69, 9.17) is 0 Å². The van der Waals surface area contributed by atoms with Gasteiger partial charge in [-0.05, 0) is 109 Å². The second-order valence-corrected chi connectivity index (χ2v) is 12.9. The smallest absolute Gasteiger partial charge is 0.366 e. The van der Waals surface area contributed by atoms with Crippen LogP contribution in [0.1, 0.15) is 60.9 Å². The molecular formula is C32H45F3N8O2. The topological polar surface area (TPSA) is 106 Å². The van der Waals surface area contributed by atoms with Crippen molar-refractivity contribution in [2.45, 2.75) is 63.2 Å². The van der Waals surface area contributed by atoms with Gasteiger partial charge in [-0.25, -0.2) is 4.98 Å². The minimum atomic E-state index is -4.67. The zero-order valence-electron chi connectivity index (χ0n) is 26.4. The fourth-order valence-electron chi connectivity index (χ4n) is 6.60. The molecule has 1 aromatic heterocycles. The molecule has 2 aliphatic heterocycles. The molecule has 2 atom stereocenters. The van der Waals surface area contributed by atoms with Crippen molar-refractivity contribution in [2.75, 3.05) is 64.5 Å². The fourth-order valence-corrected chi connectivity index (χ4v) is 6.60. The van der Waals surface area contributed by atoms with Crippen LogP contribution in [0.2, 0.25) is 0 Å². The first-order valence-corrected chi connectivity index (χ1v) is 16.0. The lowest BCUT2D eigenvalue weighted by Gasteiger charge is -2.35. The van der Waals surface area contributed by atoms with Crippen molar-refractivity contribution in [2.24, 2.45) is 11.8 Å². The molecule has 1 unspecified atom stereocenters. The summed E-state index contributed by atoms with van der Waals surface area (Å²) in [6.07, 6.45) is 1.87. The number of amides is 2. The highest BCUT2D eigenvalue weighted by Gasteiger charge is 2.39. The van der Waals surface area contributed by atoms with Crippen molar-refractivity contribution in [1.82, 2.24) is 30.0 Å². The first kappa shape index (κ1) is 32.9. The lowest BCUT2D eigenvalue weighted by molar-refractivity contribution is -0.137. The maximum atomic E-state index is 14.0. The summed E-state index contributed by atoms with van der Waals surface area (Å²) < 4.78 is 41.9. The number of carbonyl (C=O) groups is 2. The van der Waals surface area contributed by atoms with Crippen LogP contribution in [0.5, 0.6) is 0 Å². The molecule has 3 heterocycles. The molecule has 5 rings (SSSR count). The lowest BCUT2D eigenvalue weighted by atomic mass is 9.96. The molecule has 45 heavy (non-hydrogen) atoms. The van der Waals surface area contributed by atoms with Gasteiger partial charge in [-0.2, -0.15) is 18.2 Å². The molecule has 1 aliphatic carbocycles. The molecule has 246 valence electrons. The molecule has 3 aliphatic rings. The predicted molar refractivity (Wildman–Crippen MR) is 167 cm³/mol. The van der Waals surface area contributed by atoms with Crippen molar-refractivity contribution in [3.05, 3.63) is 41.6 Å². The van der Waals surface area contributed by atoms with Gasteiger partial charge in [0.25, 0.3) is 5.91 Å². The van der Waals surface area contributed by atoms with Crippen molar-refractivity contribution >= 4 is 29.3 Å². The minimum Gasteiger partial charge on any atom is -0.366 e. The van der Waals surface area contributed by atoms with Crippen molar-refractivity contribution in [3.63, 3.8) is 0 Å². The number of halogens is 3. The number of hydrogen-bond acceptors (Lipinski definition) is 8. The average Bonchev–Trinajstić information content (AvgIpc) is 3.48. The summed E-state index contributed by atoms with van der Waals surface area (Å²) in [4.78, 5) is 40.6. The molecule has 0 radical (unpaired) electrons.